The molecule has 98 valence electrons. The number of pyridine rings is 1. The molecule has 0 spiro atoms. The van der Waals surface area contributed by atoms with Crippen LogP contribution in [0.2, 0.25) is 0 Å². The molecule has 3 aromatic rings. The zero-order chi connectivity index (χ0) is 13.8. The monoisotopic (exact) mass is 262 g/mol. The summed E-state index contributed by atoms with van der Waals surface area (Å²) in [7, 11) is 1.89. The first kappa shape index (κ1) is 12.3. The molecular weight excluding hydrogens is 248 g/mol. The highest BCUT2D eigenvalue weighted by Crippen LogP contribution is 2.26. The van der Waals surface area contributed by atoms with Crippen LogP contribution < -0.4 is 5.32 Å². The van der Waals surface area contributed by atoms with Gasteiger partial charge in [-0.1, -0.05) is 6.07 Å². The van der Waals surface area contributed by atoms with E-state index in [0.29, 0.717) is 0 Å². The van der Waals surface area contributed by atoms with Crippen LogP contribution in [-0.2, 0) is 0 Å². The number of azo groups is 1. The summed E-state index contributed by atoms with van der Waals surface area (Å²) in [5.74, 6) is 0. The average Bonchev–Trinajstić information content (AvgIpc) is 2.53. The van der Waals surface area contributed by atoms with Crippen molar-refractivity contribution in [1.29, 1.82) is 0 Å². The van der Waals surface area contributed by atoms with E-state index in [9.17, 15) is 0 Å². The van der Waals surface area contributed by atoms with Crippen molar-refractivity contribution in [2.75, 3.05) is 12.4 Å². The van der Waals surface area contributed by atoms with Crippen LogP contribution in [0, 0.1) is 0 Å². The van der Waals surface area contributed by atoms with E-state index in [1.165, 1.54) is 0 Å². The van der Waals surface area contributed by atoms with Gasteiger partial charge in [0.15, 0.2) is 0 Å². The van der Waals surface area contributed by atoms with E-state index in [0.717, 1.165) is 28.0 Å². The van der Waals surface area contributed by atoms with E-state index >= 15 is 0 Å². The summed E-state index contributed by atoms with van der Waals surface area (Å²) in [5.41, 5.74) is 3.63. The van der Waals surface area contributed by atoms with Crippen molar-refractivity contribution in [3.8, 4) is 0 Å². The Morgan fingerprint density at radius 1 is 0.900 bits per heavy atom. The van der Waals surface area contributed by atoms with Gasteiger partial charge >= 0.3 is 0 Å². The number of rotatable bonds is 3. The van der Waals surface area contributed by atoms with Crippen molar-refractivity contribution in [3.05, 3.63) is 60.8 Å². The zero-order valence-electron chi connectivity index (χ0n) is 11.1. The van der Waals surface area contributed by atoms with E-state index in [4.69, 9.17) is 0 Å². The summed E-state index contributed by atoms with van der Waals surface area (Å²) in [6.45, 7) is 0. The first-order valence-electron chi connectivity index (χ1n) is 6.40. The van der Waals surface area contributed by atoms with Gasteiger partial charge in [-0.3, -0.25) is 4.98 Å². The normalized spacial score (nSPS) is 11.1. The number of aromatic nitrogens is 1. The first-order chi connectivity index (χ1) is 9.86. The number of benzene rings is 2. The van der Waals surface area contributed by atoms with Crippen LogP contribution in [0.15, 0.2) is 71.0 Å². The Morgan fingerprint density at radius 3 is 2.55 bits per heavy atom. The topological polar surface area (TPSA) is 49.6 Å². The molecule has 0 aliphatic heterocycles. The Kier molecular flexibility index (Phi) is 3.37. The minimum absolute atomic E-state index is 0.824. The maximum Gasteiger partial charge on any atom is 0.0951 e. The summed E-state index contributed by atoms with van der Waals surface area (Å²) >= 11 is 0. The third kappa shape index (κ3) is 2.49. The number of fused-ring (bicyclic) bond motifs is 1. The Morgan fingerprint density at radius 2 is 1.75 bits per heavy atom. The predicted molar refractivity (Wildman–Crippen MR) is 81.9 cm³/mol. The van der Waals surface area contributed by atoms with E-state index in [-0.39, 0.29) is 0 Å². The Hall–Kier alpha value is -2.75. The zero-order valence-corrected chi connectivity index (χ0v) is 11.1. The molecule has 0 unspecified atom stereocenters. The van der Waals surface area contributed by atoms with Crippen LogP contribution in [0.5, 0.6) is 0 Å². The van der Waals surface area contributed by atoms with Crippen molar-refractivity contribution in [1.82, 2.24) is 4.98 Å². The highest BCUT2D eigenvalue weighted by molar-refractivity contribution is 5.89. The van der Waals surface area contributed by atoms with E-state index in [2.05, 4.69) is 20.5 Å². The van der Waals surface area contributed by atoms with Crippen molar-refractivity contribution >= 4 is 28.0 Å². The Bertz CT molecular complexity index is 743. The molecule has 1 aromatic heterocycles. The fraction of sp³-hybridized carbons (Fsp3) is 0.0625. The molecule has 1 N–H and O–H groups in total. The third-order valence-corrected chi connectivity index (χ3v) is 3.05. The highest BCUT2D eigenvalue weighted by atomic mass is 15.1. The first-order valence-corrected chi connectivity index (χ1v) is 6.40. The van der Waals surface area contributed by atoms with Crippen LogP contribution in [-0.4, -0.2) is 12.0 Å². The van der Waals surface area contributed by atoms with Crippen LogP contribution in [0.25, 0.3) is 10.9 Å². The lowest BCUT2D eigenvalue weighted by molar-refractivity contribution is 1.24. The summed E-state index contributed by atoms with van der Waals surface area (Å²) in [6.07, 6.45) is 1.78. The second kappa shape index (κ2) is 5.48. The lowest BCUT2D eigenvalue weighted by Gasteiger charge is -2.00. The van der Waals surface area contributed by atoms with Crippen molar-refractivity contribution < 1.29 is 0 Å². The van der Waals surface area contributed by atoms with E-state index in [1.54, 1.807) is 6.20 Å². The van der Waals surface area contributed by atoms with Crippen LogP contribution >= 0.6 is 0 Å². The molecule has 0 radical (unpaired) electrons. The Labute approximate surface area is 117 Å². The minimum Gasteiger partial charge on any atom is -0.388 e. The molecular formula is C16H14N4. The fourth-order valence-electron chi connectivity index (χ4n) is 1.98. The number of hydrogen-bond acceptors (Lipinski definition) is 4. The molecule has 0 aliphatic carbocycles. The molecule has 2 aromatic carbocycles. The average molecular weight is 262 g/mol. The van der Waals surface area contributed by atoms with Crippen LogP contribution in [0.3, 0.4) is 0 Å². The summed E-state index contributed by atoms with van der Waals surface area (Å²) in [5, 5.41) is 12.7. The predicted octanol–water partition coefficient (Wildman–Crippen LogP) is 4.69. The molecule has 4 nitrogen and oxygen atoms in total. The summed E-state index contributed by atoms with van der Waals surface area (Å²) in [6, 6.07) is 17.6. The van der Waals surface area contributed by atoms with Gasteiger partial charge in [-0.15, -0.1) is 5.11 Å². The fourth-order valence-corrected chi connectivity index (χ4v) is 1.98. The van der Waals surface area contributed by atoms with E-state index < -0.39 is 0 Å². The summed E-state index contributed by atoms with van der Waals surface area (Å²) in [4.78, 5) is 4.31. The van der Waals surface area contributed by atoms with Gasteiger partial charge in [-0.25, -0.2) is 0 Å². The maximum absolute atomic E-state index is 4.32. The molecule has 1 heterocycles. The molecule has 20 heavy (non-hydrogen) atoms. The largest absolute Gasteiger partial charge is 0.388 e. The minimum atomic E-state index is 0.824. The molecule has 4 heteroatoms. The lowest BCUT2D eigenvalue weighted by Crippen LogP contribution is -1.85. The van der Waals surface area contributed by atoms with Gasteiger partial charge < -0.3 is 5.32 Å². The number of nitrogens with one attached hydrogen (secondary N) is 1. The smallest absolute Gasteiger partial charge is 0.0951 e. The third-order valence-electron chi connectivity index (χ3n) is 3.05. The standard InChI is InChI=1S/C16H14N4/c1-17-12-7-9-13(10-8-12)19-20-16-6-2-5-15-14(16)4-3-11-18-15/h2-11,17H,1H3. The molecule has 0 saturated carbocycles. The Balaban J connectivity index is 1.93. The van der Waals surface area contributed by atoms with Crippen molar-refractivity contribution in [2.24, 2.45) is 10.2 Å². The van der Waals surface area contributed by atoms with Gasteiger partial charge in [0.1, 0.15) is 0 Å². The molecule has 0 aliphatic rings. The molecule has 0 atom stereocenters. The molecule has 0 amide bonds. The van der Waals surface area contributed by atoms with Crippen LogP contribution in [0.4, 0.5) is 17.1 Å². The number of hydrogen-bond donors (Lipinski definition) is 1. The van der Waals surface area contributed by atoms with Gasteiger partial charge in [0, 0.05) is 24.3 Å². The molecule has 3 rings (SSSR count). The van der Waals surface area contributed by atoms with Crippen molar-refractivity contribution in [3.63, 3.8) is 0 Å². The number of nitrogens with zero attached hydrogens (tertiary/aromatic N) is 3. The van der Waals surface area contributed by atoms with Gasteiger partial charge in [0.05, 0.1) is 16.9 Å². The van der Waals surface area contributed by atoms with Gasteiger partial charge in [0.2, 0.25) is 0 Å². The van der Waals surface area contributed by atoms with Gasteiger partial charge in [-0.2, -0.15) is 5.11 Å². The van der Waals surface area contributed by atoms with Crippen LogP contribution in [0.1, 0.15) is 0 Å². The second-order valence-electron chi connectivity index (χ2n) is 4.34. The molecule has 0 saturated heterocycles. The summed E-state index contributed by atoms with van der Waals surface area (Å²) < 4.78 is 0. The number of anilines is 1. The SMILES string of the molecule is CNc1ccc(N=Nc2cccc3ncccc23)cc1. The second-order valence-corrected chi connectivity index (χ2v) is 4.34. The quantitative estimate of drug-likeness (QED) is 0.696. The van der Waals surface area contributed by atoms with Gasteiger partial charge in [0.25, 0.3) is 0 Å². The lowest BCUT2D eigenvalue weighted by atomic mass is 10.2. The molecule has 0 fully saturated rings. The molecule has 0 bridgehead atoms. The van der Waals surface area contributed by atoms with Crippen molar-refractivity contribution in [2.45, 2.75) is 0 Å². The van der Waals surface area contributed by atoms with Gasteiger partial charge in [-0.05, 0) is 48.5 Å². The van der Waals surface area contributed by atoms with E-state index in [1.807, 2.05) is 61.6 Å². The maximum atomic E-state index is 4.32. The highest BCUT2D eigenvalue weighted by Gasteiger charge is 1.99.